The summed E-state index contributed by atoms with van der Waals surface area (Å²) in [7, 11) is 0. The Morgan fingerprint density at radius 2 is 2.12 bits per heavy atom. The molecule has 24 heavy (non-hydrogen) atoms. The first kappa shape index (κ1) is 16.7. The van der Waals surface area contributed by atoms with Gasteiger partial charge in [0, 0.05) is 13.0 Å². The maximum atomic E-state index is 12.4. The van der Waals surface area contributed by atoms with Crippen LogP contribution in [0.25, 0.3) is 0 Å². The van der Waals surface area contributed by atoms with Crippen molar-refractivity contribution < 1.29 is 9.53 Å². The molecular weight excluding hydrogens is 324 g/mol. The number of carbonyl (C=O) groups is 1. The number of nitrogens with zero attached hydrogens (tertiary/aromatic N) is 2. The van der Waals surface area contributed by atoms with E-state index in [1.165, 1.54) is 28.9 Å². The number of fused-ring (bicyclic) bond motifs is 1. The molecule has 3 rings (SSSR count). The van der Waals surface area contributed by atoms with Gasteiger partial charge in [-0.1, -0.05) is 17.4 Å². The topological polar surface area (TPSA) is 90.1 Å². The maximum absolute atomic E-state index is 12.4. The Bertz CT molecular complexity index is 742. The van der Waals surface area contributed by atoms with Gasteiger partial charge in [0.15, 0.2) is 5.60 Å². The third kappa shape index (κ3) is 3.84. The summed E-state index contributed by atoms with van der Waals surface area (Å²) < 4.78 is 5.94. The predicted molar refractivity (Wildman–Crippen MR) is 94.2 cm³/mol. The number of ether oxygens (including phenoxy) is 1. The number of benzene rings is 1. The van der Waals surface area contributed by atoms with E-state index in [-0.39, 0.29) is 5.91 Å². The summed E-state index contributed by atoms with van der Waals surface area (Å²) in [4.78, 5) is 12.4. The number of nitrogens with one attached hydrogen (secondary N) is 1. The highest BCUT2D eigenvalue weighted by atomic mass is 32.1. The van der Waals surface area contributed by atoms with Crippen LogP contribution >= 0.6 is 11.3 Å². The van der Waals surface area contributed by atoms with Gasteiger partial charge in [-0.25, -0.2) is 0 Å². The van der Waals surface area contributed by atoms with Crippen LogP contribution in [0.5, 0.6) is 5.75 Å². The Hall–Kier alpha value is -2.15. The van der Waals surface area contributed by atoms with E-state index in [1.807, 2.05) is 6.07 Å². The van der Waals surface area contributed by atoms with Crippen LogP contribution < -0.4 is 15.8 Å². The molecule has 1 heterocycles. The summed E-state index contributed by atoms with van der Waals surface area (Å²) in [6.45, 7) is 4.03. The number of hydrogen-bond acceptors (Lipinski definition) is 6. The van der Waals surface area contributed by atoms with Crippen LogP contribution in [0.15, 0.2) is 18.2 Å². The zero-order valence-electron chi connectivity index (χ0n) is 14.0. The number of aryl methyl sites for hydroxylation is 2. The SMILES string of the molecule is CC(C)(Oc1ccc2c(c1)CCC2)C(=O)NCCc1nnc(N)s1. The Morgan fingerprint density at radius 3 is 2.88 bits per heavy atom. The van der Waals surface area contributed by atoms with Crippen LogP contribution in [0.1, 0.15) is 36.4 Å². The summed E-state index contributed by atoms with van der Waals surface area (Å²) in [5.41, 5.74) is 7.32. The number of rotatable bonds is 6. The van der Waals surface area contributed by atoms with E-state index >= 15 is 0 Å². The molecule has 0 saturated heterocycles. The molecule has 0 atom stereocenters. The summed E-state index contributed by atoms with van der Waals surface area (Å²) in [5, 5.41) is 11.8. The third-order valence-electron chi connectivity index (χ3n) is 4.10. The van der Waals surface area contributed by atoms with Gasteiger partial charge in [-0.15, -0.1) is 10.2 Å². The second-order valence-electron chi connectivity index (χ2n) is 6.44. The minimum Gasteiger partial charge on any atom is -0.478 e. The Kier molecular flexibility index (Phi) is 4.71. The molecule has 0 aliphatic heterocycles. The fourth-order valence-electron chi connectivity index (χ4n) is 2.82. The molecule has 0 unspecified atom stereocenters. The maximum Gasteiger partial charge on any atom is 0.263 e. The molecule has 0 spiro atoms. The monoisotopic (exact) mass is 346 g/mol. The highest BCUT2D eigenvalue weighted by Crippen LogP contribution is 2.28. The second kappa shape index (κ2) is 6.76. The largest absolute Gasteiger partial charge is 0.478 e. The van der Waals surface area contributed by atoms with Crippen LogP contribution in [0, 0.1) is 0 Å². The van der Waals surface area contributed by atoms with E-state index in [0.29, 0.717) is 18.1 Å². The molecule has 1 aliphatic rings. The molecule has 7 heteroatoms. The quantitative estimate of drug-likeness (QED) is 0.836. The molecule has 6 nitrogen and oxygen atoms in total. The van der Waals surface area contributed by atoms with Gasteiger partial charge in [-0.3, -0.25) is 4.79 Å². The molecule has 0 radical (unpaired) electrons. The number of anilines is 1. The predicted octanol–water partition coefficient (Wildman–Crippen LogP) is 2.13. The van der Waals surface area contributed by atoms with Crippen LogP contribution in [-0.2, 0) is 24.1 Å². The smallest absolute Gasteiger partial charge is 0.263 e. The number of nitrogen functional groups attached to an aromatic ring is 1. The first-order valence-corrected chi connectivity index (χ1v) is 8.93. The summed E-state index contributed by atoms with van der Waals surface area (Å²) in [6, 6.07) is 6.11. The average Bonchev–Trinajstić information content (AvgIpc) is 3.15. The number of aromatic nitrogens is 2. The lowest BCUT2D eigenvalue weighted by Crippen LogP contribution is -2.47. The van der Waals surface area contributed by atoms with Crippen LogP contribution in [0.3, 0.4) is 0 Å². The molecule has 0 fully saturated rings. The van der Waals surface area contributed by atoms with Crippen molar-refractivity contribution in [3.05, 3.63) is 34.3 Å². The fraction of sp³-hybridized carbons (Fsp3) is 0.471. The number of carbonyl (C=O) groups excluding carboxylic acids is 1. The van der Waals surface area contributed by atoms with Crippen LogP contribution in [0.4, 0.5) is 5.13 Å². The van der Waals surface area contributed by atoms with Crippen molar-refractivity contribution in [3.63, 3.8) is 0 Å². The van der Waals surface area contributed by atoms with Gasteiger partial charge in [0.1, 0.15) is 10.8 Å². The minimum atomic E-state index is -0.938. The van der Waals surface area contributed by atoms with Crippen molar-refractivity contribution in [2.45, 2.75) is 45.1 Å². The van der Waals surface area contributed by atoms with Gasteiger partial charge in [-0.05, 0) is 56.4 Å². The van der Waals surface area contributed by atoms with Crippen LogP contribution in [-0.4, -0.2) is 28.3 Å². The van der Waals surface area contributed by atoms with Crippen molar-refractivity contribution >= 4 is 22.4 Å². The fourth-order valence-corrected chi connectivity index (χ4v) is 3.42. The zero-order valence-corrected chi connectivity index (χ0v) is 14.8. The van der Waals surface area contributed by atoms with Crippen molar-refractivity contribution in [1.29, 1.82) is 0 Å². The molecule has 2 aromatic rings. The van der Waals surface area contributed by atoms with Crippen molar-refractivity contribution in [1.82, 2.24) is 15.5 Å². The number of amides is 1. The highest BCUT2D eigenvalue weighted by molar-refractivity contribution is 7.15. The molecular formula is C17H22N4O2S. The van der Waals surface area contributed by atoms with E-state index in [2.05, 4.69) is 27.6 Å². The van der Waals surface area contributed by atoms with Crippen molar-refractivity contribution in [2.75, 3.05) is 12.3 Å². The summed E-state index contributed by atoms with van der Waals surface area (Å²) in [5.74, 6) is 0.591. The average molecular weight is 346 g/mol. The van der Waals surface area contributed by atoms with Gasteiger partial charge in [-0.2, -0.15) is 0 Å². The van der Waals surface area contributed by atoms with Crippen molar-refractivity contribution in [3.8, 4) is 5.75 Å². The van der Waals surface area contributed by atoms with Gasteiger partial charge in [0.05, 0.1) is 0 Å². The second-order valence-corrected chi connectivity index (χ2v) is 7.53. The van der Waals surface area contributed by atoms with Gasteiger partial charge >= 0.3 is 0 Å². The molecule has 0 saturated carbocycles. The van der Waals surface area contributed by atoms with Gasteiger partial charge < -0.3 is 15.8 Å². The zero-order chi connectivity index (χ0) is 17.2. The summed E-state index contributed by atoms with van der Waals surface area (Å²) >= 11 is 1.33. The van der Waals surface area contributed by atoms with Crippen LogP contribution in [0.2, 0.25) is 0 Å². The molecule has 0 bridgehead atoms. The molecule has 1 aromatic heterocycles. The molecule has 128 valence electrons. The van der Waals surface area contributed by atoms with Gasteiger partial charge in [0.25, 0.3) is 5.91 Å². The molecule has 1 aromatic carbocycles. The molecule has 3 N–H and O–H groups in total. The first-order valence-electron chi connectivity index (χ1n) is 8.11. The molecule has 1 amide bonds. The minimum absolute atomic E-state index is 0.152. The molecule has 1 aliphatic carbocycles. The third-order valence-corrected chi connectivity index (χ3v) is 4.91. The normalized spacial score (nSPS) is 13.6. The highest BCUT2D eigenvalue weighted by Gasteiger charge is 2.30. The lowest BCUT2D eigenvalue weighted by Gasteiger charge is -2.25. The van der Waals surface area contributed by atoms with Crippen molar-refractivity contribution in [2.24, 2.45) is 0 Å². The Morgan fingerprint density at radius 1 is 1.33 bits per heavy atom. The van der Waals surface area contributed by atoms with E-state index in [1.54, 1.807) is 13.8 Å². The summed E-state index contributed by atoms with van der Waals surface area (Å²) in [6.07, 6.45) is 4.02. The Balaban J connectivity index is 1.54. The van der Waals surface area contributed by atoms with E-state index in [9.17, 15) is 4.79 Å². The Labute approximate surface area is 145 Å². The lowest BCUT2D eigenvalue weighted by molar-refractivity contribution is -0.134. The van der Waals surface area contributed by atoms with E-state index in [0.717, 1.165) is 23.6 Å². The lowest BCUT2D eigenvalue weighted by atomic mass is 10.1. The number of hydrogen-bond donors (Lipinski definition) is 2. The first-order chi connectivity index (χ1) is 11.4. The standard InChI is InChI=1S/C17H22N4O2S/c1-17(2,15(22)19-9-8-14-20-21-16(18)24-14)23-13-7-6-11-4-3-5-12(11)10-13/h6-7,10H,3-5,8-9H2,1-2H3,(H2,18,21)(H,19,22). The van der Waals surface area contributed by atoms with E-state index < -0.39 is 5.60 Å². The van der Waals surface area contributed by atoms with E-state index in [4.69, 9.17) is 10.5 Å². The number of nitrogens with two attached hydrogens (primary N) is 1. The van der Waals surface area contributed by atoms with Gasteiger partial charge in [0.2, 0.25) is 5.13 Å².